The molecule has 1 rings (SSSR count). The maximum Gasteiger partial charge on any atom is 0.108 e. The second-order valence-electron chi connectivity index (χ2n) is 6.35. The topological polar surface area (TPSA) is 39.1 Å². The Morgan fingerprint density at radius 1 is 1.42 bits per heavy atom. The Balaban J connectivity index is 2.68. The van der Waals surface area contributed by atoms with Gasteiger partial charge in [0.2, 0.25) is 0 Å². The Labute approximate surface area is 119 Å². The molecule has 110 valence electrons. The van der Waals surface area contributed by atoms with E-state index >= 15 is 0 Å². The van der Waals surface area contributed by atoms with Gasteiger partial charge >= 0.3 is 0 Å². The van der Waals surface area contributed by atoms with Crippen LogP contribution in [0.5, 0.6) is 0 Å². The molecule has 2 unspecified atom stereocenters. The lowest BCUT2D eigenvalue weighted by atomic mass is 9.79. The molecule has 3 nitrogen and oxygen atoms in total. The molecule has 19 heavy (non-hydrogen) atoms. The van der Waals surface area contributed by atoms with Crippen molar-refractivity contribution in [1.82, 2.24) is 10.2 Å². The van der Waals surface area contributed by atoms with Crippen molar-refractivity contribution in [1.29, 1.82) is 5.26 Å². The van der Waals surface area contributed by atoms with Crippen LogP contribution < -0.4 is 5.32 Å². The third kappa shape index (κ3) is 4.78. The Kier molecular flexibility index (Phi) is 6.82. The second-order valence-corrected chi connectivity index (χ2v) is 6.35. The molecular formula is C16H31N3. The lowest BCUT2D eigenvalue weighted by Crippen LogP contribution is -2.53. The lowest BCUT2D eigenvalue weighted by Gasteiger charge is -2.42. The predicted octanol–water partition coefficient (Wildman–Crippen LogP) is 3.17. The highest BCUT2D eigenvalue weighted by molar-refractivity contribution is 5.11. The Bertz CT molecular complexity index is 295. The number of rotatable bonds is 7. The third-order valence-electron chi connectivity index (χ3n) is 4.17. The summed E-state index contributed by atoms with van der Waals surface area (Å²) in [7, 11) is 0. The van der Waals surface area contributed by atoms with Crippen LogP contribution in [0.4, 0.5) is 0 Å². The molecule has 1 aliphatic rings. The average molecular weight is 265 g/mol. The fourth-order valence-electron chi connectivity index (χ4n) is 3.23. The molecule has 1 fully saturated rings. The first-order chi connectivity index (χ1) is 9.06. The van der Waals surface area contributed by atoms with E-state index < -0.39 is 0 Å². The molecule has 1 N–H and O–H groups in total. The molecule has 0 spiro atoms. The minimum atomic E-state index is -0.274. The SMILES string of the molecule is CCCNC1(C#N)CCCC(N(CC)CC(C)C)C1. The van der Waals surface area contributed by atoms with E-state index in [4.69, 9.17) is 0 Å². The summed E-state index contributed by atoms with van der Waals surface area (Å²) in [5, 5.41) is 13.1. The zero-order valence-electron chi connectivity index (χ0n) is 13.2. The molecule has 0 aromatic heterocycles. The molecule has 3 heteroatoms. The highest BCUT2D eigenvalue weighted by Crippen LogP contribution is 2.31. The molecule has 0 heterocycles. The van der Waals surface area contributed by atoms with Crippen molar-refractivity contribution in [2.24, 2.45) is 5.92 Å². The van der Waals surface area contributed by atoms with Crippen LogP contribution in [0.25, 0.3) is 0 Å². The molecule has 2 atom stereocenters. The summed E-state index contributed by atoms with van der Waals surface area (Å²) in [6, 6.07) is 3.15. The molecule has 0 saturated heterocycles. The van der Waals surface area contributed by atoms with E-state index in [9.17, 15) is 5.26 Å². The van der Waals surface area contributed by atoms with Crippen LogP contribution in [0.2, 0.25) is 0 Å². The Morgan fingerprint density at radius 3 is 2.68 bits per heavy atom. The molecule has 0 amide bonds. The first-order valence-electron chi connectivity index (χ1n) is 7.97. The van der Waals surface area contributed by atoms with E-state index in [1.54, 1.807) is 0 Å². The minimum Gasteiger partial charge on any atom is -0.300 e. The summed E-state index contributed by atoms with van der Waals surface area (Å²) in [4.78, 5) is 2.57. The van der Waals surface area contributed by atoms with E-state index in [0.717, 1.165) is 38.9 Å². The monoisotopic (exact) mass is 265 g/mol. The van der Waals surface area contributed by atoms with E-state index in [2.05, 4.69) is 44.0 Å². The van der Waals surface area contributed by atoms with Crippen LogP contribution in [-0.4, -0.2) is 36.1 Å². The first-order valence-corrected chi connectivity index (χ1v) is 7.97. The molecule has 1 saturated carbocycles. The fourth-order valence-corrected chi connectivity index (χ4v) is 3.23. The summed E-state index contributed by atoms with van der Waals surface area (Å²) in [6.07, 6.45) is 5.52. The van der Waals surface area contributed by atoms with Gasteiger partial charge in [0.1, 0.15) is 5.54 Å². The van der Waals surface area contributed by atoms with Crippen molar-refractivity contribution in [2.75, 3.05) is 19.6 Å². The number of hydrogen-bond donors (Lipinski definition) is 1. The standard InChI is InChI=1S/C16H31N3/c1-5-10-18-16(13-17)9-7-8-15(11-16)19(6-2)12-14(3)4/h14-15,18H,5-12H2,1-4H3. The molecular weight excluding hydrogens is 234 g/mol. The van der Waals surface area contributed by atoms with E-state index in [0.29, 0.717) is 12.0 Å². The maximum atomic E-state index is 9.59. The van der Waals surface area contributed by atoms with E-state index in [-0.39, 0.29) is 5.54 Å². The van der Waals surface area contributed by atoms with Crippen molar-refractivity contribution in [3.63, 3.8) is 0 Å². The van der Waals surface area contributed by atoms with Gasteiger partial charge in [0.05, 0.1) is 6.07 Å². The van der Waals surface area contributed by atoms with Gasteiger partial charge < -0.3 is 4.90 Å². The number of nitriles is 1. The molecule has 0 radical (unpaired) electrons. The van der Waals surface area contributed by atoms with Gasteiger partial charge in [-0.15, -0.1) is 0 Å². The Morgan fingerprint density at radius 2 is 2.16 bits per heavy atom. The zero-order chi connectivity index (χ0) is 14.3. The average Bonchev–Trinajstić information content (AvgIpc) is 2.42. The number of nitrogens with one attached hydrogen (secondary N) is 1. The van der Waals surface area contributed by atoms with Gasteiger partial charge in [-0.25, -0.2) is 0 Å². The van der Waals surface area contributed by atoms with Gasteiger partial charge in [-0.05, 0) is 51.1 Å². The number of nitrogens with zero attached hydrogens (tertiary/aromatic N) is 2. The summed E-state index contributed by atoms with van der Waals surface area (Å²) in [5.74, 6) is 0.696. The van der Waals surface area contributed by atoms with Crippen molar-refractivity contribution < 1.29 is 0 Å². The van der Waals surface area contributed by atoms with Gasteiger partial charge in [-0.3, -0.25) is 5.32 Å². The van der Waals surface area contributed by atoms with Crippen molar-refractivity contribution in [3.8, 4) is 6.07 Å². The zero-order valence-corrected chi connectivity index (χ0v) is 13.2. The number of hydrogen-bond acceptors (Lipinski definition) is 3. The van der Waals surface area contributed by atoms with Crippen LogP contribution in [-0.2, 0) is 0 Å². The van der Waals surface area contributed by atoms with E-state index in [1.165, 1.54) is 12.8 Å². The maximum absolute atomic E-state index is 9.59. The van der Waals surface area contributed by atoms with Crippen LogP contribution >= 0.6 is 0 Å². The molecule has 0 aromatic rings. The predicted molar refractivity (Wildman–Crippen MR) is 81.0 cm³/mol. The van der Waals surface area contributed by atoms with Crippen LogP contribution in [0.1, 0.15) is 59.8 Å². The molecule has 0 aliphatic heterocycles. The van der Waals surface area contributed by atoms with Crippen LogP contribution in [0.3, 0.4) is 0 Å². The summed E-state index contributed by atoms with van der Waals surface area (Å²) in [6.45, 7) is 12.2. The van der Waals surface area contributed by atoms with Gasteiger partial charge in [-0.2, -0.15) is 5.26 Å². The van der Waals surface area contributed by atoms with Crippen molar-refractivity contribution >= 4 is 0 Å². The van der Waals surface area contributed by atoms with Gasteiger partial charge in [0.15, 0.2) is 0 Å². The summed E-state index contributed by atoms with van der Waals surface area (Å²) >= 11 is 0. The van der Waals surface area contributed by atoms with E-state index in [1.807, 2.05) is 0 Å². The third-order valence-corrected chi connectivity index (χ3v) is 4.17. The quantitative estimate of drug-likeness (QED) is 0.768. The first kappa shape index (κ1) is 16.5. The summed E-state index contributed by atoms with van der Waals surface area (Å²) < 4.78 is 0. The van der Waals surface area contributed by atoms with Gasteiger partial charge in [-0.1, -0.05) is 27.7 Å². The van der Waals surface area contributed by atoms with Crippen LogP contribution in [0, 0.1) is 17.2 Å². The highest BCUT2D eigenvalue weighted by atomic mass is 15.2. The van der Waals surface area contributed by atoms with Crippen molar-refractivity contribution in [2.45, 2.75) is 71.4 Å². The fraction of sp³-hybridized carbons (Fsp3) is 0.938. The normalized spacial score (nSPS) is 27.7. The Hall–Kier alpha value is -0.590. The highest BCUT2D eigenvalue weighted by Gasteiger charge is 2.37. The lowest BCUT2D eigenvalue weighted by molar-refractivity contribution is 0.113. The molecule has 0 aromatic carbocycles. The van der Waals surface area contributed by atoms with Crippen LogP contribution in [0.15, 0.2) is 0 Å². The van der Waals surface area contributed by atoms with Crippen molar-refractivity contribution in [3.05, 3.63) is 0 Å². The van der Waals surface area contributed by atoms with Gasteiger partial charge in [0.25, 0.3) is 0 Å². The minimum absolute atomic E-state index is 0.274. The molecule has 1 aliphatic carbocycles. The summed E-state index contributed by atoms with van der Waals surface area (Å²) in [5.41, 5.74) is -0.274. The largest absolute Gasteiger partial charge is 0.300 e. The molecule has 0 bridgehead atoms. The second kappa shape index (κ2) is 7.87. The van der Waals surface area contributed by atoms with Gasteiger partial charge in [0, 0.05) is 12.6 Å². The smallest absolute Gasteiger partial charge is 0.108 e.